The number of rotatable bonds is 3. The van der Waals surface area contributed by atoms with E-state index in [1.807, 2.05) is 19.9 Å². The number of nitrogens with zero attached hydrogens (tertiary/aromatic N) is 1. The number of allylic oxidation sites excluding steroid dienone is 3. The Morgan fingerprint density at radius 2 is 1.93 bits per heavy atom. The molecule has 1 aromatic heterocycles. The molecule has 0 aliphatic heterocycles. The van der Waals surface area contributed by atoms with Crippen molar-refractivity contribution in [1.82, 2.24) is 4.98 Å². The number of hydrogen-bond acceptors (Lipinski definition) is 2. The van der Waals surface area contributed by atoms with Gasteiger partial charge >= 0.3 is 0 Å². The number of carbonyl (C=O) groups is 1. The highest BCUT2D eigenvalue weighted by molar-refractivity contribution is 5.96. The van der Waals surface area contributed by atoms with Crippen molar-refractivity contribution in [2.24, 2.45) is 0 Å². The van der Waals surface area contributed by atoms with E-state index in [9.17, 15) is 4.79 Å². The van der Waals surface area contributed by atoms with Crippen molar-refractivity contribution >= 4 is 11.4 Å². The monoisotopic (exact) mass is 201 g/mol. The van der Waals surface area contributed by atoms with Gasteiger partial charge in [-0.3, -0.25) is 9.78 Å². The average Bonchev–Trinajstić information content (AvgIpc) is 2.17. The summed E-state index contributed by atoms with van der Waals surface area (Å²) in [6.45, 7) is 9.13. The van der Waals surface area contributed by atoms with Crippen LogP contribution in [0.15, 0.2) is 31.1 Å². The van der Waals surface area contributed by atoms with Gasteiger partial charge in [-0.25, -0.2) is 0 Å². The van der Waals surface area contributed by atoms with Gasteiger partial charge in [-0.05, 0) is 37.5 Å². The standard InChI is InChI=1S/C13H15NO/c1-5-6-9(2)12-7-14-8-13(10(12)3)11(4)15/h5-8H,1H2,2-4H3/b9-6+. The summed E-state index contributed by atoms with van der Waals surface area (Å²) < 4.78 is 0. The summed E-state index contributed by atoms with van der Waals surface area (Å²) in [7, 11) is 0. The molecular formula is C13H15NO. The molecule has 15 heavy (non-hydrogen) atoms. The molecule has 0 fully saturated rings. The summed E-state index contributed by atoms with van der Waals surface area (Å²) >= 11 is 0. The van der Waals surface area contributed by atoms with E-state index in [-0.39, 0.29) is 5.78 Å². The van der Waals surface area contributed by atoms with Crippen molar-refractivity contribution in [2.45, 2.75) is 20.8 Å². The lowest BCUT2D eigenvalue weighted by Crippen LogP contribution is -2.00. The Morgan fingerprint density at radius 3 is 2.47 bits per heavy atom. The van der Waals surface area contributed by atoms with E-state index in [0.29, 0.717) is 5.56 Å². The SMILES string of the molecule is C=C/C=C(\C)c1cncc(C(C)=O)c1C. The lowest BCUT2D eigenvalue weighted by atomic mass is 9.98. The van der Waals surface area contributed by atoms with Gasteiger partial charge in [0.1, 0.15) is 0 Å². The smallest absolute Gasteiger partial charge is 0.161 e. The largest absolute Gasteiger partial charge is 0.294 e. The van der Waals surface area contributed by atoms with Crippen LogP contribution in [-0.2, 0) is 0 Å². The maximum Gasteiger partial charge on any atom is 0.161 e. The van der Waals surface area contributed by atoms with Crippen LogP contribution in [0.1, 0.15) is 35.3 Å². The maximum atomic E-state index is 11.3. The lowest BCUT2D eigenvalue weighted by Gasteiger charge is -2.08. The van der Waals surface area contributed by atoms with Gasteiger partial charge in [-0.15, -0.1) is 0 Å². The van der Waals surface area contributed by atoms with Gasteiger partial charge < -0.3 is 0 Å². The van der Waals surface area contributed by atoms with Crippen molar-refractivity contribution in [3.8, 4) is 0 Å². The fourth-order valence-electron chi connectivity index (χ4n) is 1.54. The Hall–Kier alpha value is -1.70. The molecule has 0 aliphatic carbocycles. The molecule has 0 unspecified atom stereocenters. The molecule has 1 rings (SSSR count). The second kappa shape index (κ2) is 4.69. The first-order chi connectivity index (χ1) is 7.07. The van der Waals surface area contributed by atoms with Gasteiger partial charge in [0.15, 0.2) is 5.78 Å². The molecule has 0 N–H and O–H groups in total. The normalized spacial score (nSPS) is 11.3. The molecule has 0 bridgehead atoms. The fraction of sp³-hybridized carbons (Fsp3) is 0.231. The third kappa shape index (κ3) is 2.40. The van der Waals surface area contributed by atoms with Gasteiger partial charge in [-0.1, -0.05) is 18.7 Å². The first-order valence-corrected chi connectivity index (χ1v) is 4.83. The Bertz CT molecular complexity index is 430. The van der Waals surface area contributed by atoms with E-state index in [1.165, 1.54) is 0 Å². The Labute approximate surface area is 90.4 Å². The minimum atomic E-state index is 0.0493. The Morgan fingerprint density at radius 1 is 1.33 bits per heavy atom. The van der Waals surface area contributed by atoms with Crippen molar-refractivity contribution in [1.29, 1.82) is 0 Å². The van der Waals surface area contributed by atoms with Crippen LogP contribution in [0.5, 0.6) is 0 Å². The molecule has 0 amide bonds. The van der Waals surface area contributed by atoms with Crippen molar-refractivity contribution in [3.05, 3.63) is 47.8 Å². The number of ketones is 1. The molecule has 2 nitrogen and oxygen atoms in total. The van der Waals surface area contributed by atoms with Gasteiger partial charge in [0.05, 0.1) is 0 Å². The van der Waals surface area contributed by atoms with Crippen LogP contribution in [0.4, 0.5) is 0 Å². The molecule has 1 aromatic rings. The number of carbonyl (C=O) groups excluding carboxylic acids is 1. The summed E-state index contributed by atoms with van der Waals surface area (Å²) in [5.74, 6) is 0.0493. The minimum absolute atomic E-state index is 0.0493. The Kier molecular flexibility index (Phi) is 3.56. The summed E-state index contributed by atoms with van der Waals surface area (Å²) in [5.41, 5.74) is 3.73. The highest BCUT2D eigenvalue weighted by Crippen LogP contribution is 2.20. The number of hydrogen-bond donors (Lipinski definition) is 0. The molecule has 0 saturated heterocycles. The minimum Gasteiger partial charge on any atom is -0.294 e. The van der Waals surface area contributed by atoms with Crippen LogP contribution >= 0.6 is 0 Å². The predicted molar refractivity (Wildman–Crippen MR) is 62.8 cm³/mol. The van der Waals surface area contributed by atoms with Crippen LogP contribution in [-0.4, -0.2) is 10.8 Å². The summed E-state index contributed by atoms with van der Waals surface area (Å²) in [6, 6.07) is 0. The third-order valence-corrected chi connectivity index (χ3v) is 2.39. The quantitative estimate of drug-likeness (QED) is 0.555. The molecule has 0 aliphatic rings. The second-order valence-electron chi connectivity index (χ2n) is 3.50. The van der Waals surface area contributed by atoms with Gasteiger partial charge in [-0.2, -0.15) is 0 Å². The van der Waals surface area contributed by atoms with Crippen molar-refractivity contribution in [3.63, 3.8) is 0 Å². The van der Waals surface area contributed by atoms with E-state index in [1.54, 1.807) is 25.4 Å². The topological polar surface area (TPSA) is 30.0 Å². The first-order valence-electron chi connectivity index (χ1n) is 4.83. The molecule has 0 aromatic carbocycles. The lowest BCUT2D eigenvalue weighted by molar-refractivity contribution is 0.101. The Balaban J connectivity index is 3.33. The van der Waals surface area contributed by atoms with E-state index >= 15 is 0 Å². The number of aromatic nitrogens is 1. The van der Waals surface area contributed by atoms with E-state index < -0.39 is 0 Å². The summed E-state index contributed by atoms with van der Waals surface area (Å²) in [6.07, 6.45) is 7.03. The predicted octanol–water partition coefficient (Wildman–Crippen LogP) is 3.18. The molecular weight excluding hydrogens is 186 g/mol. The zero-order chi connectivity index (χ0) is 11.4. The third-order valence-electron chi connectivity index (χ3n) is 2.39. The molecule has 2 heteroatoms. The van der Waals surface area contributed by atoms with E-state index in [2.05, 4.69) is 11.6 Å². The summed E-state index contributed by atoms with van der Waals surface area (Å²) in [5, 5.41) is 0. The van der Waals surface area contributed by atoms with Crippen LogP contribution < -0.4 is 0 Å². The van der Waals surface area contributed by atoms with Crippen LogP contribution in [0, 0.1) is 6.92 Å². The number of pyridine rings is 1. The zero-order valence-corrected chi connectivity index (χ0v) is 9.37. The first kappa shape index (κ1) is 11.4. The van der Waals surface area contributed by atoms with Crippen LogP contribution in [0.3, 0.4) is 0 Å². The zero-order valence-electron chi connectivity index (χ0n) is 9.37. The summed E-state index contributed by atoms with van der Waals surface area (Å²) in [4.78, 5) is 15.4. The fourth-order valence-corrected chi connectivity index (χ4v) is 1.54. The van der Waals surface area contributed by atoms with E-state index in [0.717, 1.165) is 16.7 Å². The van der Waals surface area contributed by atoms with Crippen molar-refractivity contribution < 1.29 is 4.79 Å². The molecule has 78 valence electrons. The molecule has 1 heterocycles. The molecule has 0 atom stereocenters. The number of Topliss-reactive ketones (excluding diaryl/α,β-unsaturated/α-hetero) is 1. The second-order valence-corrected chi connectivity index (χ2v) is 3.50. The maximum absolute atomic E-state index is 11.3. The highest BCUT2D eigenvalue weighted by atomic mass is 16.1. The van der Waals surface area contributed by atoms with Gasteiger partial charge in [0, 0.05) is 18.0 Å². The molecule has 0 spiro atoms. The van der Waals surface area contributed by atoms with Crippen LogP contribution in [0.2, 0.25) is 0 Å². The van der Waals surface area contributed by atoms with Gasteiger partial charge in [0.25, 0.3) is 0 Å². The average molecular weight is 201 g/mol. The van der Waals surface area contributed by atoms with Crippen LogP contribution in [0.25, 0.3) is 5.57 Å². The van der Waals surface area contributed by atoms with Gasteiger partial charge in [0.2, 0.25) is 0 Å². The molecule has 0 radical (unpaired) electrons. The highest BCUT2D eigenvalue weighted by Gasteiger charge is 2.08. The van der Waals surface area contributed by atoms with Crippen molar-refractivity contribution in [2.75, 3.05) is 0 Å². The van der Waals surface area contributed by atoms with E-state index in [4.69, 9.17) is 0 Å². The molecule has 0 saturated carbocycles.